The topological polar surface area (TPSA) is 58.5 Å². The Hall–Kier alpha value is -1.78. The molecule has 0 saturated heterocycles. The minimum atomic E-state index is 0.693. The predicted octanol–water partition coefficient (Wildman–Crippen LogP) is 1.71. The van der Waals surface area contributed by atoms with Crippen molar-refractivity contribution in [2.75, 3.05) is 5.32 Å². The molecule has 0 aromatic carbocycles. The zero-order valence-corrected chi connectivity index (χ0v) is 9.70. The van der Waals surface area contributed by atoms with Crippen molar-refractivity contribution < 1.29 is 0 Å². The van der Waals surface area contributed by atoms with Gasteiger partial charge in [0.25, 0.3) is 0 Å². The monoisotopic (exact) mass is 219 g/mol. The Bertz CT molecular complexity index is 429. The molecule has 0 atom stereocenters. The van der Waals surface area contributed by atoms with Crippen molar-refractivity contribution in [2.24, 2.45) is 7.05 Å². The number of imidazole rings is 1. The van der Waals surface area contributed by atoms with Crippen molar-refractivity contribution in [1.29, 1.82) is 0 Å². The fraction of sp³-hybridized carbons (Fsp3) is 0.455. The van der Waals surface area contributed by atoms with E-state index in [0.717, 1.165) is 30.2 Å². The second kappa shape index (κ2) is 4.83. The molecule has 2 aromatic heterocycles. The molecule has 0 unspecified atom stereocenters. The molecule has 0 saturated carbocycles. The van der Waals surface area contributed by atoms with Crippen molar-refractivity contribution in [1.82, 2.24) is 19.7 Å². The standard InChI is InChI=1S/C11H17N5/c1-3-4-9-7-11(16(2)15-9)14-8-10-12-5-6-13-10/h5-7,14H,3-4,8H2,1-2H3,(H,12,13). The van der Waals surface area contributed by atoms with Crippen LogP contribution >= 0.6 is 0 Å². The minimum Gasteiger partial charge on any atom is -0.363 e. The third-order valence-corrected chi connectivity index (χ3v) is 2.43. The Labute approximate surface area is 94.9 Å². The lowest BCUT2D eigenvalue weighted by atomic mass is 10.2. The van der Waals surface area contributed by atoms with Gasteiger partial charge < -0.3 is 10.3 Å². The lowest BCUT2D eigenvalue weighted by molar-refractivity contribution is 0.734. The number of nitrogens with one attached hydrogen (secondary N) is 2. The van der Waals surface area contributed by atoms with Crippen molar-refractivity contribution >= 4 is 5.82 Å². The van der Waals surface area contributed by atoms with Gasteiger partial charge in [-0.3, -0.25) is 4.68 Å². The van der Waals surface area contributed by atoms with Crippen LogP contribution in [0.5, 0.6) is 0 Å². The Morgan fingerprint density at radius 2 is 2.38 bits per heavy atom. The highest BCUT2D eigenvalue weighted by Crippen LogP contribution is 2.11. The maximum Gasteiger partial charge on any atom is 0.125 e. The highest BCUT2D eigenvalue weighted by Gasteiger charge is 2.04. The van der Waals surface area contributed by atoms with Crippen molar-refractivity contribution in [3.63, 3.8) is 0 Å². The summed E-state index contributed by atoms with van der Waals surface area (Å²) >= 11 is 0. The fourth-order valence-corrected chi connectivity index (χ4v) is 1.64. The average molecular weight is 219 g/mol. The van der Waals surface area contributed by atoms with Gasteiger partial charge in [-0.15, -0.1) is 0 Å². The molecule has 5 nitrogen and oxygen atoms in total. The van der Waals surface area contributed by atoms with Crippen LogP contribution in [-0.4, -0.2) is 19.7 Å². The van der Waals surface area contributed by atoms with Crippen LogP contribution in [0, 0.1) is 0 Å². The minimum absolute atomic E-state index is 0.693. The number of rotatable bonds is 5. The molecule has 0 spiro atoms. The number of hydrogen-bond acceptors (Lipinski definition) is 3. The van der Waals surface area contributed by atoms with E-state index in [9.17, 15) is 0 Å². The summed E-state index contributed by atoms with van der Waals surface area (Å²) in [5, 5.41) is 7.72. The number of hydrogen-bond donors (Lipinski definition) is 2. The van der Waals surface area contributed by atoms with Gasteiger partial charge in [0.05, 0.1) is 12.2 Å². The van der Waals surface area contributed by atoms with Crippen molar-refractivity contribution in [3.05, 3.63) is 30.0 Å². The summed E-state index contributed by atoms with van der Waals surface area (Å²) in [6.45, 7) is 2.85. The van der Waals surface area contributed by atoms with Gasteiger partial charge in [-0.1, -0.05) is 13.3 Å². The first-order valence-electron chi connectivity index (χ1n) is 5.54. The van der Waals surface area contributed by atoms with Crippen LogP contribution in [0.15, 0.2) is 18.5 Å². The zero-order chi connectivity index (χ0) is 11.4. The Balaban J connectivity index is 1.98. The summed E-state index contributed by atoms with van der Waals surface area (Å²) in [6, 6.07) is 2.09. The normalized spacial score (nSPS) is 10.6. The Morgan fingerprint density at radius 1 is 1.50 bits per heavy atom. The average Bonchev–Trinajstić information content (AvgIpc) is 2.86. The molecule has 2 aromatic rings. The smallest absolute Gasteiger partial charge is 0.125 e. The molecular formula is C11H17N5. The van der Waals surface area contributed by atoms with Crippen molar-refractivity contribution in [2.45, 2.75) is 26.3 Å². The summed E-state index contributed by atoms with van der Waals surface area (Å²) in [7, 11) is 1.95. The van der Waals surface area contributed by atoms with Crippen LogP contribution in [0.4, 0.5) is 5.82 Å². The number of anilines is 1. The van der Waals surface area contributed by atoms with Crippen molar-refractivity contribution in [3.8, 4) is 0 Å². The highest BCUT2D eigenvalue weighted by atomic mass is 15.3. The summed E-state index contributed by atoms with van der Waals surface area (Å²) in [5.74, 6) is 1.96. The fourth-order valence-electron chi connectivity index (χ4n) is 1.64. The van der Waals surface area contributed by atoms with Crippen LogP contribution in [0.3, 0.4) is 0 Å². The number of aromatic amines is 1. The van der Waals surface area contributed by atoms with Crippen LogP contribution in [0.2, 0.25) is 0 Å². The molecule has 5 heteroatoms. The van der Waals surface area contributed by atoms with Gasteiger partial charge in [-0.2, -0.15) is 5.10 Å². The molecule has 2 heterocycles. The van der Waals surface area contributed by atoms with Crippen LogP contribution in [-0.2, 0) is 20.0 Å². The molecule has 0 aliphatic rings. The molecule has 86 valence electrons. The molecule has 16 heavy (non-hydrogen) atoms. The van der Waals surface area contributed by atoms with Crippen LogP contribution in [0.25, 0.3) is 0 Å². The lowest BCUT2D eigenvalue weighted by Gasteiger charge is -2.03. The number of nitrogens with zero attached hydrogens (tertiary/aromatic N) is 3. The molecule has 0 fully saturated rings. The van der Waals surface area contributed by atoms with Gasteiger partial charge in [0.1, 0.15) is 11.6 Å². The molecule has 0 aliphatic heterocycles. The van der Waals surface area contributed by atoms with E-state index in [-0.39, 0.29) is 0 Å². The summed E-state index contributed by atoms with van der Waals surface area (Å²) in [4.78, 5) is 7.21. The molecule has 0 aliphatic carbocycles. The zero-order valence-electron chi connectivity index (χ0n) is 9.70. The molecule has 2 N–H and O–H groups in total. The predicted molar refractivity (Wildman–Crippen MR) is 63.1 cm³/mol. The molecule has 0 radical (unpaired) electrons. The van der Waals surface area contributed by atoms with E-state index in [1.165, 1.54) is 0 Å². The summed E-state index contributed by atoms with van der Waals surface area (Å²) in [5.41, 5.74) is 1.13. The Kier molecular flexibility index (Phi) is 3.24. The van der Waals surface area contributed by atoms with Gasteiger partial charge in [-0.05, 0) is 6.42 Å². The van der Waals surface area contributed by atoms with Crippen LogP contribution < -0.4 is 5.32 Å². The maximum atomic E-state index is 4.42. The molecule has 0 bridgehead atoms. The summed E-state index contributed by atoms with van der Waals surface area (Å²) < 4.78 is 1.87. The quantitative estimate of drug-likeness (QED) is 0.804. The number of H-pyrrole nitrogens is 1. The summed E-state index contributed by atoms with van der Waals surface area (Å²) in [6.07, 6.45) is 5.72. The van der Waals surface area contributed by atoms with Gasteiger partial charge in [0, 0.05) is 25.5 Å². The largest absolute Gasteiger partial charge is 0.363 e. The third kappa shape index (κ3) is 2.42. The Morgan fingerprint density at radius 3 is 3.06 bits per heavy atom. The highest BCUT2D eigenvalue weighted by molar-refractivity contribution is 5.37. The second-order valence-corrected chi connectivity index (χ2v) is 3.78. The van der Waals surface area contributed by atoms with E-state index in [0.29, 0.717) is 6.54 Å². The van der Waals surface area contributed by atoms with Gasteiger partial charge in [0.15, 0.2) is 0 Å². The van der Waals surface area contributed by atoms with E-state index in [1.54, 1.807) is 6.20 Å². The van der Waals surface area contributed by atoms with E-state index in [2.05, 4.69) is 33.4 Å². The van der Waals surface area contributed by atoms with E-state index in [1.807, 2.05) is 17.9 Å². The maximum absolute atomic E-state index is 4.42. The van der Waals surface area contributed by atoms with Crippen LogP contribution in [0.1, 0.15) is 24.9 Å². The van der Waals surface area contributed by atoms with E-state index < -0.39 is 0 Å². The van der Waals surface area contributed by atoms with Gasteiger partial charge in [0.2, 0.25) is 0 Å². The molecular weight excluding hydrogens is 202 g/mol. The lowest BCUT2D eigenvalue weighted by Crippen LogP contribution is -2.05. The third-order valence-electron chi connectivity index (χ3n) is 2.43. The first-order valence-corrected chi connectivity index (χ1v) is 5.54. The molecule has 0 amide bonds. The second-order valence-electron chi connectivity index (χ2n) is 3.78. The van der Waals surface area contributed by atoms with E-state index in [4.69, 9.17) is 0 Å². The van der Waals surface area contributed by atoms with Gasteiger partial charge >= 0.3 is 0 Å². The molecule has 2 rings (SSSR count). The van der Waals surface area contributed by atoms with E-state index >= 15 is 0 Å². The van der Waals surface area contributed by atoms with Gasteiger partial charge in [-0.25, -0.2) is 4.98 Å². The number of aryl methyl sites for hydroxylation is 2. The number of aromatic nitrogens is 4. The first-order chi connectivity index (χ1) is 7.79. The first kappa shape index (κ1) is 10.7. The SMILES string of the molecule is CCCc1cc(NCc2ncc[nH]2)n(C)n1.